The average Bonchev–Trinajstić information content (AvgIpc) is 2.05. The summed E-state index contributed by atoms with van der Waals surface area (Å²) in [5, 5.41) is 0.568. The Labute approximate surface area is 74.9 Å². The van der Waals surface area contributed by atoms with Gasteiger partial charge < -0.3 is 4.74 Å². The van der Waals surface area contributed by atoms with Crippen LogP contribution in [0, 0.1) is 11.8 Å². The van der Waals surface area contributed by atoms with Gasteiger partial charge in [0.1, 0.15) is 0 Å². The van der Waals surface area contributed by atoms with Crippen molar-refractivity contribution in [2.45, 2.75) is 31.9 Å². The molecule has 1 aliphatic heterocycles. The van der Waals surface area contributed by atoms with Crippen LogP contribution in [0.25, 0.3) is 0 Å². The summed E-state index contributed by atoms with van der Waals surface area (Å²) in [5.41, 5.74) is 0. The average molecular weight is 174 g/mol. The molecule has 0 aromatic heterocycles. The summed E-state index contributed by atoms with van der Waals surface area (Å²) in [6, 6.07) is 0. The molecule has 0 aromatic carbocycles. The number of ether oxygens (including phenoxy) is 1. The third kappa shape index (κ3) is 2.68. The van der Waals surface area contributed by atoms with Crippen LogP contribution >= 0.6 is 12.6 Å². The van der Waals surface area contributed by atoms with Crippen LogP contribution in [-0.4, -0.2) is 18.5 Å². The largest absolute Gasteiger partial charge is 0.381 e. The van der Waals surface area contributed by atoms with Crippen LogP contribution in [0.3, 0.4) is 0 Å². The fourth-order valence-electron chi connectivity index (χ4n) is 1.60. The summed E-state index contributed by atoms with van der Waals surface area (Å²) in [6.07, 6.45) is 2.40. The van der Waals surface area contributed by atoms with Crippen molar-refractivity contribution >= 4 is 12.6 Å². The van der Waals surface area contributed by atoms with Crippen LogP contribution in [0.4, 0.5) is 0 Å². The van der Waals surface area contributed by atoms with Crippen molar-refractivity contribution in [3.05, 3.63) is 0 Å². The molecule has 66 valence electrons. The van der Waals surface area contributed by atoms with E-state index in [-0.39, 0.29) is 0 Å². The van der Waals surface area contributed by atoms with Crippen LogP contribution < -0.4 is 0 Å². The molecular formula is C9H18OS. The Balaban J connectivity index is 2.32. The van der Waals surface area contributed by atoms with Gasteiger partial charge in [0.2, 0.25) is 0 Å². The quantitative estimate of drug-likeness (QED) is 0.632. The van der Waals surface area contributed by atoms with E-state index in [9.17, 15) is 0 Å². The van der Waals surface area contributed by atoms with Gasteiger partial charge in [-0.15, -0.1) is 0 Å². The van der Waals surface area contributed by atoms with Crippen LogP contribution in [0.15, 0.2) is 0 Å². The van der Waals surface area contributed by atoms with Gasteiger partial charge in [-0.05, 0) is 24.7 Å². The van der Waals surface area contributed by atoms with Gasteiger partial charge in [0.05, 0.1) is 0 Å². The van der Waals surface area contributed by atoms with E-state index in [0.29, 0.717) is 11.2 Å². The molecular weight excluding hydrogens is 156 g/mol. The van der Waals surface area contributed by atoms with Crippen molar-refractivity contribution in [2.75, 3.05) is 13.2 Å². The first kappa shape index (κ1) is 9.40. The van der Waals surface area contributed by atoms with E-state index in [0.717, 1.165) is 19.1 Å². The Bertz CT molecular complexity index is 108. The zero-order valence-electron chi connectivity index (χ0n) is 7.42. The SMILES string of the molecule is CC(C)C(S)C1CCOCC1. The summed E-state index contributed by atoms with van der Waals surface area (Å²) < 4.78 is 5.30. The van der Waals surface area contributed by atoms with E-state index < -0.39 is 0 Å². The Morgan fingerprint density at radius 3 is 2.27 bits per heavy atom. The highest BCUT2D eigenvalue weighted by molar-refractivity contribution is 7.81. The highest BCUT2D eigenvalue weighted by Gasteiger charge is 2.22. The predicted molar refractivity (Wildman–Crippen MR) is 51.2 cm³/mol. The van der Waals surface area contributed by atoms with E-state index in [1.165, 1.54) is 12.8 Å². The second-order valence-electron chi connectivity index (χ2n) is 3.68. The number of rotatable bonds is 2. The molecule has 0 amide bonds. The normalized spacial score (nSPS) is 24.0. The smallest absolute Gasteiger partial charge is 0.0469 e. The van der Waals surface area contributed by atoms with Gasteiger partial charge in [0.25, 0.3) is 0 Å². The lowest BCUT2D eigenvalue weighted by Gasteiger charge is -2.29. The summed E-state index contributed by atoms with van der Waals surface area (Å²) in [5.74, 6) is 1.48. The van der Waals surface area contributed by atoms with Crippen LogP contribution in [0.1, 0.15) is 26.7 Å². The molecule has 2 heteroatoms. The minimum Gasteiger partial charge on any atom is -0.381 e. The molecule has 1 fully saturated rings. The molecule has 1 saturated heterocycles. The summed E-state index contributed by atoms with van der Waals surface area (Å²) in [4.78, 5) is 0. The predicted octanol–water partition coefficient (Wildman–Crippen LogP) is 2.37. The highest BCUT2D eigenvalue weighted by atomic mass is 32.1. The summed E-state index contributed by atoms with van der Waals surface area (Å²) in [6.45, 7) is 6.36. The molecule has 1 atom stereocenters. The molecule has 0 N–H and O–H groups in total. The van der Waals surface area contributed by atoms with E-state index in [4.69, 9.17) is 4.74 Å². The Morgan fingerprint density at radius 2 is 1.82 bits per heavy atom. The maximum atomic E-state index is 5.30. The number of thiol groups is 1. The second kappa shape index (κ2) is 4.36. The first-order chi connectivity index (χ1) is 5.22. The minimum absolute atomic E-state index is 0.568. The molecule has 1 nitrogen and oxygen atoms in total. The molecule has 0 bridgehead atoms. The van der Waals surface area contributed by atoms with Crippen molar-refractivity contribution in [2.24, 2.45) is 11.8 Å². The second-order valence-corrected chi connectivity index (χ2v) is 4.28. The fraction of sp³-hybridized carbons (Fsp3) is 1.00. The van der Waals surface area contributed by atoms with Gasteiger partial charge in [-0.3, -0.25) is 0 Å². The molecule has 0 spiro atoms. The standard InChI is InChI=1S/C9H18OS/c1-7(2)9(11)8-3-5-10-6-4-8/h7-9,11H,3-6H2,1-2H3. The van der Waals surface area contributed by atoms with Gasteiger partial charge in [0, 0.05) is 18.5 Å². The lowest BCUT2D eigenvalue weighted by Crippen LogP contribution is -2.27. The van der Waals surface area contributed by atoms with Crippen LogP contribution in [0.5, 0.6) is 0 Å². The topological polar surface area (TPSA) is 9.23 Å². The third-order valence-electron chi connectivity index (χ3n) is 2.43. The number of hydrogen-bond donors (Lipinski definition) is 1. The molecule has 1 rings (SSSR count). The molecule has 1 heterocycles. The highest BCUT2D eigenvalue weighted by Crippen LogP contribution is 2.27. The summed E-state index contributed by atoms with van der Waals surface area (Å²) in [7, 11) is 0. The van der Waals surface area contributed by atoms with Gasteiger partial charge in [-0.25, -0.2) is 0 Å². The van der Waals surface area contributed by atoms with Crippen molar-refractivity contribution < 1.29 is 4.74 Å². The maximum absolute atomic E-state index is 5.30. The first-order valence-corrected chi connectivity index (χ1v) is 4.99. The molecule has 11 heavy (non-hydrogen) atoms. The van der Waals surface area contributed by atoms with Gasteiger partial charge in [-0.1, -0.05) is 13.8 Å². The Morgan fingerprint density at radius 1 is 1.27 bits per heavy atom. The molecule has 0 radical (unpaired) electrons. The van der Waals surface area contributed by atoms with Crippen molar-refractivity contribution in [1.82, 2.24) is 0 Å². The van der Waals surface area contributed by atoms with Crippen LogP contribution in [-0.2, 0) is 4.74 Å². The lowest BCUT2D eigenvalue weighted by atomic mass is 9.90. The van der Waals surface area contributed by atoms with Gasteiger partial charge >= 0.3 is 0 Å². The van der Waals surface area contributed by atoms with Crippen molar-refractivity contribution in [3.63, 3.8) is 0 Å². The first-order valence-electron chi connectivity index (χ1n) is 4.47. The van der Waals surface area contributed by atoms with Gasteiger partial charge in [0.15, 0.2) is 0 Å². The fourth-order valence-corrected chi connectivity index (χ4v) is 1.90. The van der Waals surface area contributed by atoms with Gasteiger partial charge in [-0.2, -0.15) is 12.6 Å². The maximum Gasteiger partial charge on any atom is 0.0469 e. The third-order valence-corrected chi connectivity index (χ3v) is 3.45. The zero-order valence-corrected chi connectivity index (χ0v) is 8.31. The molecule has 1 aliphatic rings. The van der Waals surface area contributed by atoms with E-state index in [1.807, 2.05) is 0 Å². The Kier molecular flexibility index (Phi) is 3.73. The minimum atomic E-state index is 0.568. The molecule has 0 aliphatic carbocycles. The monoisotopic (exact) mass is 174 g/mol. The van der Waals surface area contributed by atoms with Crippen molar-refractivity contribution in [1.29, 1.82) is 0 Å². The zero-order chi connectivity index (χ0) is 8.27. The van der Waals surface area contributed by atoms with E-state index in [2.05, 4.69) is 26.5 Å². The molecule has 0 saturated carbocycles. The van der Waals surface area contributed by atoms with Crippen molar-refractivity contribution in [3.8, 4) is 0 Å². The van der Waals surface area contributed by atoms with E-state index in [1.54, 1.807) is 0 Å². The lowest BCUT2D eigenvalue weighted by molar-refractivity contribution is 0.0625. The number of hydrogen-bond acceptors (Lipinski definition) is 2. The Hall–Kier alpha value is 0.310. The molecule has 1 unspecified atom stereocenters. The van der Waals surface area contributed by atoms with E-state index >= 15 is 0 Å². The summed E-state index contributed by atoms with van der Waals surface area (Å²) >= 11 is 4.61. The molecule has 0 aromatic rings. The van der Waals surface area contributed by atoms with Crippen LogP contribution in [0.2, 0.25) is 0 Å².